The van der Waals surface area contributed by atoms with Gasteiger partial charge in [0.2, 0.25) is 0 Å². The summed E-state index contributed by atoms with van der Waals surface area (Å²) in [6.45, 7) is 0. The van der Waals surface area contributed by atoms with Crippen molar-refractivity contribution in [1.29, 1.82) is 0 Å². The maximum atomic E-state index is 10.3. The van der Waals surface area contributed by atoms with Gasteiger partial charge in [-0.05, 0) is 11.5 Å². The molecule has 1 aliphatic rings. The van der Waals surface area contributed by atoms with Gasteiger partial charge in [-0.2, -0.15) is 0 Å². The number of aliphatic hydroxyl groups is 2. The van der Waals surface area contributed by atoms with Crippen molar-refractivity contribution in [1.82, 2.24) is 19.7 Å². The third kappa shape index (κ3) is 2.57. The van der Waals surface area contributed by atoms with E-state index >= 15 is 0 Å². The molecule has 0 saturated carbocycles. The summed E-state index contributed by atoms with van der Waals surface area (Å²) in [5.41, 5.74) is 1.33. The molecule has 1 aliphatic heterocycles. The summed E-state index contributed by atoms with van der Waals surface area (Å²) in [5.74, 6) is 0.404. The van der Waals surface area contributed by atoms with Gasteiger partial charge in [-0.1, -0.05) is 36.4 Å². The van der Waals surface area contributed by atoms with Crippen LogP contribution >= 0.6 is 12.6 Å². The maximum absolute atomic E-state index is 10.3. The fourth-order valence-electron chi connectivity index (χ4n) is 2.94. The average Bonchev–Trinajstić information content (AvgIpc) is 2.99. The van der Waals surface area contributed by atoms with Gasteiger partial charge in [0, 0.05) is 24.7 Å². The number of nitrogens with zero attached hydrogens (tertiary/aromatic N) is 4. The van der Waals surface area contributed by atoms with Crippen molar-refractivity contribution in [2.24, 2.45) is 0 Å². The standard InChI is InChI=1S/C18H16N4O2S/c1-21-10-13(15(23)9-16(21)24)17-19-20-18(25)22(17)14-8-4-6-11-5-2-3-7-12(11)14/h2-10,16,23-24H,1H3,(H,20,25). The van der Waals surface area contributed by atoms with Crippen LogP contribution in [0.3, 0.4) is 0 Å². The van der Waals surface area contributed by atoms with E-state index < -0.39 is 6.23 Å². The number of aliphatic hydroxyl groups excluding tert-OH is 2. The molecule has 0 amide bonds. The molecule has 0 spiro atoms. The van der Waals surface area contributed by atoms with E-state index in [0.717, 1.165) is 16.5 Å². The Labute approximate surface area is 149 Å². The van der Waals surface area contributed by atoms with Crippen molar-refractivity contribution in [3.63, 3.8) is 0 Å². The molecule has 1 atom stereocenters. The van der Waals surface area contributed by atoms with E-state index in [1.165, 1.54) is 6.08 Å². The Hall–Kier alpha value is -2.77. The number of hydrogen-bond acceptors (Lipinski definition) is 6. The Morgan fingerprint density at radius 2 is 1.84 bits per heavy atom. The summed E-state index contributed by atoms with van der Waals surface area (Å²) in [4.78, 5) is 1.58. The first-order valence-electron chi connectivity index (χ1n) is 7.72. The Balaban J connectivity index is 1.95. The number of fused-ring (bicyclic) bond motifs is 1. The van der Waals surface area contributed by atoms with Crippen LogP contribution in [0, 0.1) is 0 Å². The third-order valence-corrected chi connectivity index (χ3v) is 4.52. The monoisotopic (exact) mass is 352 g/mol. The molecule has 0 fully saturated rings. The van der Waals surface area contributed by atoms with Gasteiger partial charge in [-0.25, -0.2) is 0 Å². The van der Waals surface area contributed by atoms with E-state index in [1.807, 2.05) is 42.5 Å². The number of hydrogen-bond donors (Lipinski definition) is 3. The Morgan fingerprint density at radius 3 is 2.68 bits per heavy atom. The van der Waals surface area contributed by atoms with E-state index in [2.05, 4.69) is 22.8 Å². The smallest absolute Gasteiger partial charge is 0.193 e. The summed E-state index contributed by atoms with van der Waals surface area (Å²) >= 11 is 4.44. The molecule has 7 heteroatoms. The molecule has 2 aromatic carbocycles. The first-order chi connectivity index (χ1) is 12.1. The first kappa shape index (κ1) is 15.7. The van der Waals surface area contributed by atoms with Gasteiger partial charge in [0.25, 0.3) is 0 Å². The summed E-state index contributed by atoms with van der Waals surface area (Å²) in [6, 6.07) is 13.9. The van der Waals surface area contributed by atoms with E-state index in [-0.39, 0.29) is 5.76 Å². The Morgan fingerprint density at radius 1 is 1.08 bits per heavy atom. The Bertz CT molecular complexity index is 1020. The van der Waals surface area contributed by atoms with Gasteiger partial charge < -0.3 is 15.1 Å². The number of thiol groups is 1. The van der Waals surface area contributed by atoms with Gasteiger partial charge in [-0.3, -0.25) is 4.57 Å². The van der Waals surface area contributed by atoms with E-state index in [9.17, 15) is 10.2 Å². The van der Waals surface area contributed by atoms with E-state index in [0.29, 0.717) is 16.6 Å². The maximum Gasteiger partial charge on any atom is 0.193 e. The van der Waals surface area contributed by atoms with Crippen LogP contribution < -0.4 is 0 Å². The first-order valence-corrected chi connectivity index (χ1v) is 8.17. The highest BCUT2D eigenvalue weighted by atomic mass is 32.1. The highest BCUT2D eigenvalue weighted by Crippen LogP contribution is 2.31. The van der Waals surface area contributed by atoms with Crippen LogP contribution in [-0.4, -0.2) is 43.2 Å². The molecule has 126 valence electrons. The predicted octanol–water partition coefficient (Wildman–Crippen LogP) is 2.76. The highest BCUT2D eigenvalue weighted by molar-refractivity contribution is 7.80. The molecule has 0 bridgehead atoms. The summed E-state index contributed by atoms with van der Waals surface area (Å²) in [6.07, 6.45) is 2.11. The molecule has 3 aromatic rings. The second-order valence-electron chi connectivity index (χ2n) is 5.83. The summed E-state index contributed by atoms with van der Waals surface area (Å²) in [5, 5.41) is 30.9. The van der Waals surface area contributed by atoms with Gasteiger partial charge in [0.1, 0.15) is 12.0 Å². The molecule has 6 nitrogen and oxygen atoms in total. The number of aromatic nitrogens is 3. The number of rotatable bonds is 2. The van der Waals surface area contributed by atoms with Crippen LogP contribution in [0.5, 0.6) is 0 Å². The SMILES string of the molecule is CN1C=C(c2nnc(S)n2-c2cccc3ccccc23)C(O)=CC1O. The normalized spacial score (nSPS) is 17.6. The zero-order valence-corrected chi connectivity index (χ0v) is 14.3. The summed E-state index contributed by atoms with van der Waals surface area (Å²) in [7, 11) is 1.72. The lowest BCUT2D eigenvalue weighted by molar-refractivity contribution is 0.0934. The second kappa shape index (κ2) is 5.94. The van der Waals surface area contributed by atoms with Gasteiger partial charge in [-0.15, -0.1) is 22.8 Å². The minimum atomic E-state index is -0.881. The van der Waals surface area contributed by atoms with Crippen LogP contribution in [0.25, 0.3) is 22.0 Å². The highest BCUT2D eigenvalue weighted by Gasteiger charge is 2.24. The molecular weight excluding hydrogens is 336 g/mol. The predicted molar refractivity (Wildman–Crippen MR) is 98.6 cm³/mol. The van der Waals surface area contributed by atoms with Crippen molar-refractivity contribution in [2.75, 3.05) is 7.05 Å². The number of benzene rings is 2. The average molecular weight is 352 g/mol. The van der Waals surface area contributed by atoms with Crippen molar-refractivity contribution in [3.05, 3.63) is 66.3 Å². The minimum Gasteiger partial charge on any atom is -0.507 e. The molecule has 0 saturated heterocycles. The van der Waals surface area contributed by atoms with Crippen LogP contribution in [-0.2, 0) is 0 Å². The number of likely N-dealkylation sites (N-methyl/N-ethyl adjacent to an activating group) is 1. The topological polar surface area (TPSA) is 74.4 Å². The Kier molecular flexibility index (Phi) is 3.74. The quantitative estimate of drug-likeness (QED) is 0.619. The largest absolute Gasteiger partial charge is 0.507 e. The van der Waals surface area contributed by atoms with E-state index in [4.69, 9.17) is 0 Å². The molecule has 4 rings (SSSR count). The zero-order chi connectivity index (χ0) is 17.6. The van der Waals surface area contributed by atoms with Gasteiger partial charge in [0.15, 0.2) is 11.0 Å². The molecule has 25 heavy (non-hydrogen) atoms. The van der Waals surface area contributed by atoms with Crippen molar-refractivity contribution in [3.8, 4) is 5.69 Å². The number of allylic oxidation sites excluding steroid dienone is 1. The van der Waals surface area contributed by atoms with E-state index in [1.54, 1.807) is 22.7 Å². The lowest BCUT2D eigenvalue weighted by Gasteiger charge is -2.25. The van der Waals surface area contributed by atoms with Crippen LogP contribution in [0.1, 0.15) is 5.82 Å². The van der Waals surface area contributed by atoms with Gasteiger partial charge >= 0.3 is 0 Å². The van der Waals surface area contributed by atoms with Crippen LogP contribution in [0.4, 0.5) is 0 Å². The van der Waals surface area contributed by atoms with Crippen LogP contribution in [0.2, 0.25) is 0 Å². The van der Waals surface area contributed by atoms with Crippen molar-refractivity contribution in [2.45, 2.75) is 11.4 Å². The fourth-order valence-corrected chi connectivity index (χ4v) is 3.19. The zero-order valence-electron chi connectivity index (χ0n) is 13.4. The lowest BCUT2D eigenvalue weighted by Crippen LogP contribution is -2.28. The molecule has 1 unspecified atom stereocenters. The molecule has 2 heterocycles. The fraction of sp³-hybridized carbons (Fsp3) is 0.111. The third-order valence-electron chi connectivity index (χ3n) is 4.23. The van der Waals surface area contributed by atoms with Crippen molar-refractivity contribution >= 4 is 29.0 Å². The molecule has 0 aliphatic carbocycles. The van der Waals surface area contributed by atoms with Crippen molar-refractivity contribution < 1.29 is 10.2 Å². The van der Waals surface area contributed by atoms with Gasteiger partial charge in [0.05, 0.1) is 11.3 Å². The molecule has 2 N–H and O–H groups in total. The molecule has 0 radical (unpaired) electrons. The summed E-state index contributed by atoms with van der Waals surface area (Å²) < 4.78 is 1.78. The lowest BCUT2D eigenvalue weighted by atomic mass is 10.1. The second-order valence-corrected chi connectivity index (χ2v) is 6.23. The minimum absolute atomic E-state index is 0.0483. The molecule has 1 aromatic heterocycles. The molecular formula is C18H16N4O2S. The van der Waals surface area contributed by atoms with Crippen LogP contribution in [0.15, 0.2) is 65.7 Å².